The van der Waals surface area contributed by atoms with E-state index in [1.54, 1.807) is 12.1 Å². The van der Waals surface area contributed by atoms with Crippen molar-refractivity contribution in [2.45, 2.75) is 32.4 Å². The molecule has 0 aromatic heterocycles. The van der Waals surface area contributed by atoms with E-state index in [9.17, 15) is 4.39 Å². The zero-order valence-corrected chi connectivity index (χ0v) is 13.5. The van der Waals surface area contributed by atoms with Gasteiger partial charge in [-0.15, -0.1) is 0 Å². The van der Waals surface area contributed by atoms with Gasteiger partial charge in [-0.25, -0.2) is 4.39 Å². The molecule has 0 aliphatic carbocycles. The van der Waals surface area contributed by atoms with Gasteiger partial charge in [0, 0.05) is 17.1 Å². The molecule has 0 aliphatic heterocycles. The predicted molar refractivity (Wildman–Crippen MR) is 87.4 cm³/mol. The molecule has 21 heavy (non-hydrogen) atoms. The summed E-state index contributed by atoms with van der Waals surface area (Å²) in [4.78, 5) is 0. The van der Waals surface area contributed by atoms with E-state index in [0.717, 1.165) is 17.0 Å². The Labute approximate surface area is 135 Å². The van der Waals surface area contributed by atoms with Crippen LogP contribution in [0.5, 0.6) is 0 Å². The summed E-state index contributed by atoms with van der Waals surface area (Å²) in [6.45, 7) is 4.17. The quantitative estimate of drug-likeness (QED) is 0.717. The molecule has 2 unspecified atom stereocenters. The van der Waals surface area contributed by atoms with Crippen molar-refractivity contribution in [1.29, 1.82) is 0 Å². The van der Waals surface area contributed by atoms with Gasteiger partial charge in [0.25, 0.3) is 0 Å². The summed E-state index contributed by atoms with van der Waals surface area (Å²) >= 11 is 11.8. The van der Waals surface area contributed by atoms with Gasteiger partial charge >= 0.3 is 0 Å². The lowest BCUT2D eigenvalue weighted by Gasteiger charge is -2.23. The number of nitrogens with one attached hydrogen (secondary N) is 1. The molecule has 0 saturated heterocycles. The highest BCUT2D eigenvalue weighted by Crippen LogP contribution is 2.25. The van der Waals surface area contributed by atoms with Crippen molar-refractivity contribution in [3.05, 3.63) is 69.5 Å². The second-order valence-corrected chi connectivity index (χ2v) is 5.92. The van der Waals surface area contributed by atoms with Crippen molar-refractivity contribution in [1.82, 2.24) is 5.32 Å². The van der Waals surface area contributed by atoms with Gasteiger partial charge in [-0.3, -0.25) is 0 Å². The molecule has 0 fully saturated rings. The second-order valence-electron chi connectivity index (χ2n) is 5.07. The maximum Gasteiger partial charge on any atom is 0.141 e. The van der Waals surface area contributed by atoms with Crippen LogP contribution in [-0.2, 0) is 0 Å². The number of hydrogen-bond acceptors (Lipinski definition) is 1. The fourth-order valence-electron chi connectivity index (χ4n) is 2.32. The zero-order valence-electron chi connectivity index (χ0n) is 12.0. The Morgan fingerprint density at radius 3 is 2.24 bits per heavy atom. The Morgan fingerprint density at radius 2 is 1.67 bits per heavy atom. The smallest absolute Gasteiger partial charge is 0.141 e. The molecule has 2 aromatic carbocycles. The van der Waals surface area contributed by atoms with E-state index < -0.39 is 5.82 Å². The molecular formula is C17H18Cl2FN. The molecule has 2 rings (SSSR count). The number of benzene rings is 2. The fraction of sp³-hybridized carbons (Fsp3) is 0.294. The maximum absolute atomic E-state index is 13.2. The van der Waals surface area contributed by atoms with E-state index in [1.807, 2.05) is 31.2 Å². The van der Waals surface area contributed by atoms with Gasteiger partial charge in [0.1, 0.15) is 5.82 Å². The molecule has 0 amide bonds. The molecular weight excluding hydrogens is 308 g/mol. The molecule has 0 bridgehead atoms. The van der Waals surface area contributed by atoms with Gasteiger partial charge in [0.05, 0.1) is 5.02 Å². The molecule has 4 heteroatoms. The minimum Gasteiger partial charge on any atom is -0.303 e. The van der Waals surface area contributed by atoms with E-state index in [-0.39, 0.29) is 17.1 Å². The highest BCUT2D eigenvalue weighted by molar-refractivity contribution is 6.31. The van der Waals surface area contributed by atoms with E-state index in [1.165, 1.54) is 11.6 Å². The molecule has 112 valence electrons. The number of hydrogen-bond donors (Lipinski definition) is 1. The Kier molecular flexibility index (Phi) is 5.63. The molecule has 0 radical (unpaired) electrons. The van der Waals surface area contributed by atoms with Gasteiger partial charge in [-0.1, -0.05) is 48.3 Å². The normalized spacial score (nSPS) is 14.0. The molecule has 0 spiro atoms. The van der Waals surface area contributed by atoms with Crippen LogP contribution in [0.2, 0.25) is 10.0 Å². The van der Waals surface area contributed by atoms with Gasteiger partial charge in [-0.05, 0) is 48.7 Å². The standard InChI is InChI=1S/C17H18Cl2FN/c1-3-17(12-4-7-14(18)8-5-12)21-11(2)13-6-9-16(20)15(19)10-13/h4-11,17,21H,3H2,1-2H3. The lowest BCUT2D eigenvalue weighted by atomic mass is 10.0. The molecule has 1 nitrogen and oxygen atoms in total. The highest BCUT2D eigenvalue weighted by atomic mass is 35.5. The summed E-state index contributed by atoms with van der Waals surface area (Å²) < 4.78 is 13.2. The van der Waals surface area contributed by atoms with E-state index in [4.69, 9.17) is 23.2 Å². The van der Waals surface area contributed by atoms with Crippen LogP contribution in [0.15, 0.2) is 42.5 Å². The average Bonchev–Trinajstić information content (AvgIpc) is 2.48. The van der Waals surface area contributed by atoms with Crippen LogP contribution in [0.4, 0.5) is 4.39 Å². The molecule has 0 heterocycles. The van der Waals surface area contributed by atoms with Crippen LogP contribution in [-0.4, -0.2) is 0 Å². The van der Waals surface area contributed by atoms with E-state index in [0.29, 0.717) is 0 Å². The molecule has 0 saturated carbocycles. The average molecular weight is 326 g/mol. The van der Waals surface area contributed by atoms with Crippen LogP contribution in [0.3, 0.4) is 0 Å². The van der Waals surface area contributed by atoms with Gasteiger partial charge in [0.2, 0.25) is 0 Å². The van der Waals surface area contributed by atoms with Crippen LogP contribution in [0, 0.1) is 5.82 Å². The van der Waals surface area contributed by atoms with E-state index in [2.05, 4.69) is 12.2 Å². The topological polar surface area (TPSA) is 12.0 Å². The fourth-order valence-corrected chi connectivity index (χ4v) is 2.64. The summed E-state index contributed by atoms with van der Waals surface area (Å²) in [5.74, 6) is -0.391. The Hall–Kier alpha value is -1.09. The second kappa shape index (κ2) is 7.26. The van der Waals surface area contributed by atoms with Crippen LogP contribution < -0.4 is 5.32 Å². The first kappa shape index (κ1) is 16.3. The van der Waals surface area contributed by atoms with Crippen LogP contribution in [0.1, 0.15) is 43.5 Å². The lowest BCUT2D eigenvalue weighted by Crippen LogP contribution is -2.24. The predicted octanol–water partition coefficient (Wildman–Crippen LogP) is 5.93. The summed E-state index contributed by atoms with van der Waals surface area (Å²) in [7, 11) is 0. The van der Waals surface area contributed by atoms with Crippen molar-refractivity contribution in [2.75, 3.05) is 0 Å². The van der Waals surface area contributed by atoms with Crippen molar-refractivity contribution in [2.24, 2.45) is 0 Å². The largest absolute Gasteiger partial charge is 0.303 e. The summed E-state index contributed by atoms with van der Waals surface area (Å²) in [5, 5.41) is 4.42. The van der Waals surface area contributed by atoms with Crippen LogP contribution in [0.25, 0.3) is 0 Å². The SMILES string of the molecule is CCC(NC(C)c1ccc(F)c(Cl)c1)c1ccc(Cl)cc1. The first-order chi connectivity index (χ1) is 10.0. The zero-order chi connectivity index (χ0) is 15.4. The number of halogens is 3. The third-order valence-electron chi connectivity index (χ3n) is 3.58. The highest BCUT2D eigenvalue weighted by Gasteiger charge is 2.14. The molecule has 1 N–H and O–H groups in total. The maximum atomic E-state index is 13.2. The van der Waals surface area contributed by atoms with Crippen molar-refractivity contribution in [3.63, 3.8) is 0 Å². The first-order valence-electron chi connectivity index (χ1n) is 6.97. The number of rotatable bonds is 5. The lowest BCUT2D eigenvalue weighted by molar-refractivity contribution is 0.456. The van der Waals surface area contributed by atoms with Gasteiger partial charge in [-0.2, -0.15) is 0 Å². The van der Waals surface area contributed by atoms with Crippen molar-refractivity contribution >= 4 is 23.2 Å². The molecule has 0 aliphatic rings. The minimum absolute atomic E-state index is 0.0729. The summed E-state index contributed by atoms with van der Waals surface area (Å²) in [6.07, 6.45) is 0.945. The first-order valence-corrected chi connectivity index (χ1v) is 7.73. The summed E-state index contributed by atoms with van der Waals surface area (Å²) in [6, 6.07) is 12.9. The minimum atomic E-state index is -0.391. The van der Waals surface area contributed by atoms with Crippen LogP contribution >= 0.6 is 23.2 Å². The summed E-state index contributed by atoms with van der Waals surface area (Å²) in [5.41, 5.74) is 2.15. The van der Waals surface area contributed by atoms with Gasteiger partial charge in [0.15, 0.2) is 0 Å². The Morgan fingerprint density at radius 1 is 1.05 bits per heavy atom. The molecule has 2 atom stereocenters. The van der Waals surface area contributed by atoms with Crippen molar-refractivity contribution in [3.8, 4) is 0 Å². The Balaban J connectivity index is 2.13. The van der Waals surface area contributed by atoms with Gasteiger partial charge < -0.3 is 5.32 Å². The van der Waals surface area contributed by atoms with Crippen molar-refractivity contribution < 1.29 is 4.39 Å². The Bertz CT molecular complexity index is 598. The molecule has 2 aromatic rings. The third-order valence-corrected chi connectivity index (χ3v) is 4.12. The third kappa shape index (κ3) is 4.19. The monoisotopic (exact) mass is 325 g/mol. The van der Waals surface area contributed by atoms with E-state index >= 15 is 0 Å².